The molecular formula is C16H20N4O3. The van der Waals surface area contributed by atoms with Crippen LogP contribution >= 0.6 is 0 Å². The second kappa shape index (κ2) is 7.23. The number of rotatable bonds is 6. The van der Waals surface area contributed by atoms with Crippen LogP contribution in [0.15, 0.2) is 30.7 Å². The Bertz CT molecular complexity index is 665. The van der Waals surface area contributed by atoms with Gasteiger partial charge >= 0.3 is 5.97 Å². The van der Waals surface area contributed by atoms with Crippen molar-refractivity contribution in [1.82, 2.24) is 14.8 Å². The lowest BCUT2D eigenvalue weighted by Gasteiger charge is -2.09. The number of nitrogens with zero attached hydrogens (tertiary/aromatic N) is 3. The van der Waals surface area contributed by atoms with Gasteiger partial charge < -0.3 is 14.8 Å². The number of ether oxygens (including phenoxy) is 2. The van der Waals surface area contributed by atoms with Gasteiger partial charge in [0, 0.05) is 19.0 Å². The highest BCUT2D eigenvalue weighted by Crippen LogP contribution is 2.20. The van der Waals surface area contributed by atoms with Gasteiger partial charge in [0.25, 0.3) is 0 Å². The Morgan fingerprint density at radius 3 is 3.26 bits per heavy atom. The van der Waals surface area contributed by atoms with E-state index in [9.17, 15) is 4.79 Å². The van der Waals surface area contributed by atoms with Gasteiger partial charge in [-0.1, -0.05) is 0 Å². The molecule has 1 N–H and O–H groups in total. The molecule has 7 nitrogen and oxygen atoms in total. The quantitative estimate of drug-likeness (QED) is 0.824. The van der Waals surface area contributed by atoms with E-state index in [1.165, 1.54) is 0 Å². The fourth-order valence-corrected chi connectivity index (χ4v) is 2.54. The molecule has 1 saturated heterocycles. The summed E-state index contributed by atoms with van der Waals surface area (Å²) in [7, 11) is 0. The van der Waals surface area contributed by atoms with E-state index in [4.69, 9.17) is 9.47 Å². The molecule has 0 saturated carbocycles. The number of esters is 1. The summed E-state index contributed by atoms with van der Waals surface area (Å²) in [5.41, 5.74) is 1.17. The number of nitrogens with one attached hydrogen (secondary N) is 1. The molecule has 7 heteroatoms. The van der Waals surface area contributed by atoms with Crippen LogP contribution in [0.2, 0.25) is 0 Å². The minimum absolute atomic E-state index is 0.229. The molecule has 0 aliphatic carbocycles. The highest BCUT2D eigenvalue weighted by atomic mass is 16.5. The monoisotopic (exact) mass is 316 g/mol. The molecule has 3 rings (SSSR count). The lowest BCUT2D eigenvalue weighted by atomic mass is 10.2. The summed E-state index contributed by atoms with van der Waals surface area (Å²) in [5, 5.41) is 7.44. The van der Waals surface area contributed by atoms with Crippen molar-refractivity contribution in [3.8, 4) is 0 Å². The number of hydrogen-bond donors (Lipinski definition) is 1. The van der Waals surface area contributed by atoms with Crippen LogP contribution in [0.1, 0.15) is 30.1 Å². The molecule has 23 heavy (non-hydrogen) atoms. The lowest BCUT2D eigenvalue weighted by Crippen LogP contribution is -2.15. The van der Waals surface area contributed by atoms with E-state index in [0.29, 0.717) is 18.0 Å². The summed E-state index contributed by atoms with van der Waals surface area (Å²) in [6.45, 7) is 3.66. The first kappa shape index (κ1) is 15.5. The standard InChI is InChI=1S/C16H20N4O3/c1-2-22-16(21)14-6-3-7-17-15(14)19-12-9-18-20(10-12)11-13-5-4-8-23-13/h3,6-7,9-10,13H,2,4-5,8,11H2,1H3,(H,17,19)/t13-/m1/s1. The second-order valence-corrected chi connectivity index (χ2v) is 5.33. The van der Waals surface area contributed by atoms with Crippen molar-refractivity contribution in [2.24, 2.45) is 0 Å². The minimum Gasteiger partial charge on any atom is -0.462 e. The first-order chi connectivity index (χ1) is 11.3. The van der Waals surface area contributed by atoms with E-state index in [1.54, 1.807) is 31.5 Å². The van der Waals surface area contributed by atoms with Crippen molar-refractivity contribution in [3.63, 3.8) is 0 Å². The maximum atomic E-state index is 12.0. The number of carbonyl (C=O) groups excluding carboxylic acids is 1. The molecule has 1 fully saturated rings. The highest BCUT2D eigenvalue weighted by Gasteiger charge is 2.17. The van der Waals surface area contributed by atoms with Crippen LogP contribution < -0.4 is 5.32 Å². The van der Waals surface area contributed by atoms with Crippen LogP contribution in [0.25, 0.3) is 0 Å². The molecule has 2 aromatic heterocycles. The largest absolute Gasteiger partial charge is 0.462 e. The summed E-state index contributed by atoms with van der Waals surface area (Å²) < 4.78 is 12.5. The van der Waals surface area contributed by atoms with E-state index in [2.05, 4.69) is 15.4 Å². The van der Waals surface area contributed by atoms with E-state index in [1.807, 2.05) is 10.9 Å². The van der Waals surface area contributed by atoms with Crippen molar-refractivity contribution >= 4 is 17.5 Å². The van der Waals surface area contributed by atoms with Crippen LogP contribution in [-0.4, -0.2) is 40.1 Å². The average molecular weight is 316 g/mol. The van der Waals surface area contributed by atoms with Gasteiger partial charge in [0.15, 0.2) is 0 Å². The molecule has 0 unspecified atom stereocenters. The van der Waals surface area contributed by atoms with Crippen LogP contribution in [0, 0.1) is 0 Å². The molecule has 1 aliphatic rings. The summed E-state index contributed by atoms with van der Waals surface area (Å²) in [6.07, 6.45) is 7.61. The van der Waals surface area contributed by atoms with Gasteiger partial charge in [-0.05, 0) is 31.9 Å². The Morgan fingerprint density at radius 1 is 1.57 bits per heavy atom. The number of hydrogen-bond acceptors (Lipinski definition) is 6. The summed E-state index contributed by atoms with van der Waals surface area (Å²) in [5.74, 6) is 0.0671. The first-order valence-corrected chi connectivity index (χ1v) is 7.79. The average Bonchev–Trinajstić information content (AvgIpc) is 3.21. The van der Waals surface area contributed by atoms with E-state index in [-0.39, 0.29) is 6.10 Å². The maximum Gasteiger partial charge on any atom is 0.341 e. The molecule has 0 aromatic carbocycles. The maximum absolute atomic E-state index is 12.0. The molecule has 0 radical (unpaired) electrons. The van der Waals surface area contributed by atoms with E-state index in [0.717, 1.165) is 31.7 Å². The van der Waals surface area contributed by atoms with Crippen molar-refractivity contribution in [1.29, 1.82) is 0 Å². The van der Waals surface area contributed by atoms with Gasteiger partial charge in [-0.25, -0.2) is 9.78 Å². The summed E-state index contributed by atoms with van der Waals surface area (Å²) in [6, 6.07) is 3.39. The number of anilines is 2. The Labute approximate surface area is 134 Å². The number of aromatic nitrogens is 3. The third-order valence-electron chi connectivity index (χ3n) is 3.61. The minimum atomic E-state index is -0.394. The van der Waals surface area contributed by atoms with Crippen LogP contribution in [0.4, 0.5) is 11.5 Å². The molecule has 1 aliphatic heterocycles. The zero-order valence-electron chi connectivity index (χ0n) is 13.1. The molecule has 2 aromatic rings. The predicted molar refractivity (Wildman–Crippen MR) is 84.7 cm³/mol. The lowest BCUT2D eigenvalue weighted by molar-refractivity contribution is 0.0527. The number of carbonyl (C=O) groups is 1. The first-order valence-electron chi connectivity index (χ1n) is 7.79. The second-order valence-electron chi connectivity index (χ2n) is 5.33. The fraction of sp³-hybridized carbons (Fsp3) is 0.438. The highest BCUT2D eigenvalue weighted by molar-refractivity contribution is 5.95. The molecular weight excluding hydrogens is 296 g/mol. The van der Waals surface area contributed by atoms with Crippen LogP contribution in [0.5, 0.6) is 0 Å². The molecule has 122 valence electrons. The third-order valence-corrected chi connectivity index (χ3v) is 3.61. The smallest absolute Gasteiger partial charge is 0.341 e. The van der Waals surface area contributed by atoms with Crippen molar-refractivity contribution < 1.29 is 14.3 Å². The fourth-order valence-electron chi connectivity index (χ4n) is 2.54. The van der Waals surface area contributed by atoms with Gasteiger partial charge in [0.2, 0.25) is 0 Å². The zero-order chi connectivity index (χ0) is 16.1. The SMILES string of the molecule is CCOC(=O)c1cccnc1Nc1cnn(C[C@H]2CCCO2)c1. The van der Waals surface area contributed by atoms with Crippen molar-refractivity contribution in [2.75, 3.05) is 18.5 Å². The normalized spacial score (nSPS) is 17.2. The Kier molecular flexibility index (Phi) is 4.87. The molecule has 0 spiro atoms. The van der Waals surface area contributed by atoms with Gasteiger partial charge in [0.05, 0.1) is 31.1 Å². The van der Waals surface area contributed by atoms with Gasteiger partial charge in [0.1, 0.15) is 11.4 Å². The Morgan fingerprint density at radius 2 is 2.48 bits per heavy atom. The van der Waals surface area contributed by atoms with Crippen LogP contribution in [-0.2, 0) is 16.0 Å². The van der Waals surface area contributed by atoms with E-state index >= 15 is 0 Å². The van der Waals surface area contributed by atoms with Crippen molar-refractivity contribution in [2.45, 2.75) is 32.4 Å². The Hall–Kier alpha value is -2.41. The predicted octanol–water partition coefficient (Wildman–Crippen LogP) is 2.38. The molecule has 0 amide bonds. The third kappa shape index (κ3) is 3.87. The van der Waals surface area contributed by atoms with Gasteiger partial charge in [-0.2, -0.15) is 5.10 Å². The van der Waals surface area contributed by atoms with Crippen molar-refractivity contribution in [3.05, 3.63) is 36.3 Å². The summed E-state index contributed by atoms with van der Waals surface area (Å²) in [4.78, 5) is 16.2. The van der Waals surface area contributed by atoms with E-state index < -0.39 is 5.97 Å². The van der Waals surface area contributed by atoms with Gasteiger partial charge in [-0.3, -0.25) is 4.68 Å². The zero-order valence-corrected chi connectivity index (χ0v) is 13.1. The van der Waals surface area contributed by atoms with Gasteiger partial charge in [-0.15, -0.1) is 0 Å². The van der Waals surface area contributed by atoms with Crippen LogP contribution in [0.3, 0.4) is 0 Å². The molecule has 1 atom stereocenters. The summed E-state index contributed by atoms with van der Waals surface area (Å²) >= 11 is 0. The number of pyridine rings is 1. The topological polar surface area (TPSA) is 78.3 Å². The molecule has 0 bridgehead atoms. The Balaban J connectivity index is 1.69. The molecule has 3 heterocycles.